The normalized spacial score (nSPS) is 10.2. The van der Waals surface area contributed by atoms with Gasteiger partial charge in [-0.3, -0.25) is 14.6 Å². The van der Waals surface area contributed by atoms with Gasteiger partial charge in [0.1, 0.15) is 0 Å². The predicted molar refractivity (Wildman–Crippen MR) is 75.4 cm³/mol. The number of aromatic nitrogens is 1. The molecule has 0 unspecified atom stereocenters. The average Bonchev–Trinajstić information content (AvgIpc) is 2.46. The fourth-order valence-corrected chi connectivity index (χ4v) is 2.10. The Bertz CT molecular complexity index is 642. The minimum absolute atomic E-state index is 0.0180. The van der Waals surface area contributed by atoms with E-state index in [-0.39, 0.29) is 21.2 Å². The van der Waals surface area contributed by atoms with E-state index in [0.717, 1.165) is 0 Å². The van der Waals surface area contributed by atoms with Crippen LogP contribution in [0.15, 0.2) is 42.7 Å². The molecule has 0 saturated carbocycles. The highest BCUT2D eigenvalue weighted by molar-refractivity contribution is 6.40. The van der Waals surface area contributed by atoms with Gasteiger partial charge in [0, 0.05) is 12.4 Å². The van der Waals surface area contributed by atoms with Crippen LogP contribution in [0.3, 0.4) is 0 Å². The Morgan fingerprint density at radius 2 is 1.70 bits per heavy atom. The van der Waals surface area contributed by atoms with Crippen LogP contribution in [0, 0.1) is 0 Å². The first kappa shape index (κ1) is 14.5. The zero-order valence-electron chi connectivity index (χ0n) is 10.1. The molecule has 1 aromatic carbocycles. The number of nitrogens with two attached hydrogens (primary N) is 1. The molecule has 5 nitrogen and oxygen atoms in total. The molecule has 7 heteroatoms. The number of amides is 2. The second kappa shape index (κ2) is 6.00. The zero-order chi connectivity index (χ0) is 14.7. The quantitative estimate of drug-likeness (QED) is 0.400. The van der Waals surface area contributed by atoms with Crippen LogP contribution in [0.2, 0.25) is 10.0 Å². The van der Waals surface area contributed by atoms with Crippen LogP contribution in [0.25, 0.3) is 0 Å². The third kappa shape index (κ3) is 2.80. The van der Waals surface area contributed by atoms with Crippen molar-refractivity contribution in [3.05, 3.63) is 63.9 Å². The average molecular weight is 310 g/mol. The van der Waals surface area contributed by atoms with Gasteiger partial charge in [-0.25, -0.2) is 10.9 Å². The van der Waals surface area contributed by atoms with Gasteiger partial charge in [-0.05, 0) is 24.3 Å². The predicted octanol–water partition coefficient (Wildman–Crippen LogP) is 2.54. The molecule has 0 radical (unpaired) electrons. The molecular weight excluding hydrogens is 301 g/mol. The van der Waals surface area contributed by atoms with E-state index in [4.69, 9.17) is 29.0 Å². The lowest BCUT2D eigenvalue weighted by molar-refractivity contribution is 0.0615. The van der Waals surface area contributed by atoms with Crippen LogP contribution in [-0.4, -0.2) is 21.8 Å². The minimum atomic E-state index is -0.783. The molecule has 0 fully saturated rings. The third-order valence-corrected chi connectivity index (χ3v) is 3.15. The van der Waals surface area contributed by atoms with Gasteiger partial charge in [0.2, 0.25) is 0 Å². The van der Waals surface area contributed by atoms with E-state index in [0.29, 0.717) is 5.01 Å². The van der Waals surface area contributed by atoms with Crippen molar-refractivity contribution in [2.45, 2.75) is 0 Å². The molecule has 2 aromatic rings. The summed E-state index contributed by atoms with van der Waals surface area (Å²) in [4.78, 5) is 28.0. The van der Waals surface area contributed by atoms with Crippen molar-refractivity contribution in [1.82, 2.24) is 9.99 Å². The maximum atomic E-state index is 12.2. The lowest BCUT2D eigenvalue weighted by atomic mass is 10.2. The summed E-state index contributed by atoms with van der Waals surface area (Å²) in [6.07, 6.45) is 2.81. The van der Waals surface area contributed by atoms with Crippen LogP contribution in [0.5, 0.6) is 0 Å². The number of nitrogens with zero attached hydrogens (tertiary/aromatic N) is 2. The molecule has 0 saturated heterocycles. The molecule has 0 aliphatic rings. The van der Waals surface area contributed by atoms with Gasteiger partial charge in [-0.1, -0.05) is 29.3 Å². The van der Waals surface area contributed by atoms with E-state index in [9.17, 15) is 9.59 Å². The molecule has 0 bridgehead atoms. The molecule has 2 N–H and O–H groups in total. The smallest absolute Gasteiger partial charge is 0.267 e. The van der Waals surface area contributed by atoms with Crippen molar-refractivity contribution in [2.24, 2.45) is 5.84 Å². The minimum Gasteiger partial charge on any atom is -0.267 e. The first-order valence-corrected chi connectivity index (χ1v) is 6.25. The molecule has 20 heavy (non-hydrogen) atoms. The Labute approximate surface area is 124 Å². The van der Waals surface area contributed by atoms with E-state index < -0.39 is 11.8 Å². The molecule has 1 aromatic heterocycles. The Hall–Kier alpha value is -1.95. The number of carbonyl (C=O) groups is 2. The number of benzene rings is 1. The number of hydrogen-bond donors (Lipinski definition) is 1. The van der Waals surface area contributed by atoms with E-state index in [2.05, 4.69) is 4.98 Å². The van der Waals surface area contributed by atoms with Gasteiger partial charge in [0.25, 0.3) is 11.8 Å². The van der Waals surface area contributed by atoms with Gasteiger partial charge in [0.15, 0.2) is 0 Å². The third-order valence-electron chi connectivity index (χ3n) is 2.52. The summed E-state index contributed by atoms with van der Waals surface area (Å²) in [6, 6.07) is 7.63. The first-order chi connectivity index (χ1) is 9.52. The van der Waals surface area contributed by atoms with Gasteiger partial charge < -0.3 is 0 Å². The van der Waals surface area contributed by atoms with Crippen molar-refractivity contribution in [3.63, 3.8) is 0 Å². The number of hydrazine groups is 1. The molecule has 0 atom stereocenters. The van der Waals surface area contributed by atoms with Crippen LogP contribution in [0.1, 0.15) is 20.7 Å². The fourth-order valence-electron chi connectivity index (χ4n) is 1.54. The van der Waals surface area contributed by atoms with Gasteiger partial charge in [0.05, 0.1) is 21.2 Å². The Balaban J connectivity index is 2.32. The maximum absolute atomic E-state index is 12.2. The van der Waals surface area contributed by atoms with Crippen LogP contribution >= 0.6 is 23.2 Å². The summed E-state index contributed by atoms with van der Waals surface area (Å²) >= 11 is 11.8. The maximum Gasteiger partial charge on any atom is 0.278 e. The van der Waals surface area contributed by atoms with Gasteiger partial charge in [-0.15, -0.1) is 0 Å². The largest absolute Gasteiger partial charge is 0.278 e. The van der Waals surface area contributed by atoms with Gasteiger partial charge in [-0.2, -0.15) is 0 Å². The van der Waals surface area contributed by atoms with E-state index in [1.165, 1.54) is 30.6 Å². The van der Waals surface area contributed by atoms with Crippen molar-refractivity contribution in [3.8, 4) is 0 Å². The molecular formula is C13H9Cl2N3O2. The Morgan fingerprint density at radius 1 is 1.05 bits per heavy atom. The van der Waals surface area contributed by atoms with Crippen molar-refractivity contribution in [2.75, 3.05) is 0 Å². The Morgan fingerprint density at radius 3 is 2.25 bits per heavy atom. The molecule has 102 valence electrons. The lowest BCUT2D eigenvalue weighted by Gasteiger charge is -2.16. The Kier molecular flexibility index (Phi) is 4.34. The van der Waals surface area contributed by atoms with Crippen LogP contribution in [-0.2, 0) is 0 Å². The van der Waals surface area contributed by atoms with Crippen LogP contribution < -0.4 is 5.84 Å². The van der Waals surface area contributed by atoms with Gasteiger partial charge >= 0.3 is 0 Å². The summed E-state index contributed by atoms with van der Waals surface area (Å²) in [5.74, 6) is 4.07. The zero-order valence-corrected chi connectivity index (χ0v) is 11.6. The highest BCUT2D eigenvalue weighted by Crippen LogP contribution is 2.25. The monoisotopic (exact) mass is 309 g/mol. The van der Waals surface area contributed by atoms with Crippen molar-refractivity contribution >= 4 is 35.0 Å². The molecule has 1 heterocycles. The number of imide groups is 1. The SMILES string of the molecule is NN(C(=O)c1cccnc1)C(=O)c1c(Cl)cccc1Cl. The molecule has 0 aliphatic carbocycles. The topological polar surface area (TPSA) is 76.3 Å². The second-order valence-corrected chi connectivity index (χ2v) is 4.63. The second-order valence-electron chi connectivity index (χ2n) is 3.82. The van der Waals surface area contributed by atoms with Crippen molar-refractivity contribution < 1.29 is 9.59 Å². The summed E-state index contributed by atoms with van der Waals surface area (Å²) in [5.41, 5.74) is 0.169. The highest BCUT2D eigenvalue weighted by atomic mass is 35.5. The lowest BCUT2D eigenvalue weighted by Crippen LogP contribution is -2.42. The van der Waals surface area contributed by atoms with Crippen molar-refractivity contribution in [1.29, 1.82) is 0 Å². The number of carbonyl (C=O) groups excluding carboxylic acids is 2. The van der Waals surface area contributed by atoms with E-state index in [1.54, 1.807) is 12.1 Å². The van der Waals surface area contributed by atoms with E-state index in [1.807, 2.05) is 0 Å². The summed E-state index contributed by atoms with van der Waals surface area (Å²) in [5, 5.41) is 0.707. The highest BCUT2D eigenvalue weighted by Gasteiger charge is 2.24. The molecule has 0 aliphatic heterocycles. The first-order valence-electron chi connectivity index (χ1n) is 5.50. The molecule has 0 spiro atoms. The molecule has 2 rings (SSSR count). The summed E-state index contributed by atoms with van der Waals surface area (Å²) in [6.45, 7) is 0. The number of hydrogen-bond acceptors (Lipinski definition) is 4. The summed E-state index contributed by atoms with van der Waals surface area (Å²) in [7, 11) is 0. The fraction of sp³-hybridized carbons (Fsp3) is 0. The number of rotatable bonds is 2. The summed E-state index contributed by atoms with van der Waals surface area (Å²) < 4.78 is 0. The molecule has 2 amide bonds. The van der Waals surface area contributed by atoms with E-state index >= 15 is 0 Å². The van der Waals surface area contributed by atoms with Crippen LogP contribution in [0.4, 0.5) is 0 Å². The standard InChI is InChI=1S/C13H9Cl2N3O2/c14-9-4-1-5-10(15)11(9)13(20)18(16)12(19)8-3-2-6-17-7-8/h1-7H,16H2. The number of pyridine rings is 1. The number of halogens is 2.